The van der Waals surface area contributed by atoms with Crippen LogP contribution in [0.25, 0.3) is 0 Å². The van der Waals surface area contributed by atoms with Crippen LogP contribution >= 0.6 is 23.2 Å². The van der Waals surface area contributed by atoms with Gasteiger partial charge in [0.05, 0.1) is 11.5 Å². The van der Waals surface area contributed by atoms with Crippen LogP contribution < -0.4 is 10.2 Å². The summed E-state index contributed by atoms with van der Waals surface area (Å²) < 4.78 is 0. The lowest BCUT2D eigenvalue weighted by Crippen LogP contribution is -2.38. The molecule has 144 valence electrons. The molecule has 0 fully saturated rings. The highest BCUT2D eigenvalue weighted by Crippen LogP contribution is 2.22. The molecule has 1 aromatic rings. The number of benzene rings is 1. The molecule has 0 aliphatic rings. The Hall–Kier alpha value is -0.480. The van der Waals surface area contributed by atoms with Gasteiger partial charge in [-0.05, 0) is 51.3 Å². The summed E-state index contributed by atoms with van der Waals surface area (Å²) in [5.74, 6) is 0.585. The second kappa shape index (κ2) is 11.3. The first-order valence-corrected chi connectivity index (χ1v) is 10.2. The van der Waals surface area contributed by atoms with E-state index >= 15 is 0 Å². The van der Waals surface area contributed by atoms with Gasteiger partial charge in [0.2, 0.25) is 0 Å². The van der Waals surface area contributed by atoms with Crippen LogP contribution in [0.4, 0.5) is 5.69 Å². The average Bonchev–Trinajstić information content (AvgIpc) is 2.56. The zero-order chi connectivity index (χ0) is 18.9. The number of nitrogens with zero attached hydrogens (tertiary/aromatic N) is 1. The predicted molar refractivity (Wildman–Crippen MR) is 111 cm³/mol. The maximum Gasteiger partial charge on any atom is 0.0914 e. The molecule has 0 aliphatic heterocycles. The third-order valence-electron chi connectivity index (χ3n) is 4.09. The first-order valence-electron chi connectivity index (χ1n) is 9.25. The van der Waals surface area contributed by atoms with Gasteiger partial charge in [-0.15, -0.1) is 23.2 Å². The summed E-state index contributed by atoms with van der Waals surface area (Å²) in [4.78, 5) is 2.32. The molecule has 0 amide bonds. The molecule has 3 nitrogen and oxygen atoms in total. The molecule has 1 rings (SSSR count). The second-order valence-corrected chi connectivity index (χ2v) is 8.61. The third-order valence-corrected chi connectivity index (χ3v) is 4.67. The monoisotopic (exact) mass is 388 g/mol. The van der Waals surface area contributed by atoms with E-state index in [4.69, 9.17) is 23.2 Å². The van der Waals surface area contributed by atoms with Gasteiger partial charge in [0, 0.05) is 36.7 Å². The largest absolute Gasteiger partial charge is 0.387 e. The molecular formula is C20H34Cl2N2O. The van der Waals surface area contributed by atoms with Gasteiger partial charge in [-0.2, -0.15) is 0 Å². The first-order chi connectivity index (χ1) is 11.8. The minimum atomic E-state index is -0.505. The van der Waals surface area contributed by atoms with Crippen molar-refractivity contribution in [3.63, 3.8) is 0 Å². The van der Waals surface area contributed by atoms with Gasteiger partial charge < -0.3 is 15.3 Å². The summed E-state index contributed by atoms with van der Waals surface area (Å²) in [6.45, 7) is 10.8. The van der Waals surface area contributed by atoms with E-state index in [0.717, 1.165) is 43.6 Å². The summed E-state index contributed by atoms with van der Waals surface area (Å²) in [5.41, 5.74) is 2.07. The fourth-order valence-corrected chi connectivity index (χ4v) is 3.20. The lowest BCUT2D eigenvalue weighted by atomic mass is 10.1. The van der Waals surface area contributed by atoms with E-state index in [1.165, 1.54) is 0 Å². The molecule has 1 aromatic carbocycles. The number of hydrogen-bond donors (Lipinski definition) is 2. The Morgan fingerprint density at radius 2 is 1.84 bits per heavy atom. The highest BCUT2D eigenvalue weighted by molar-refractivity contribution is 6.22. The molecule has 0 heterocycles. The van der Waals surface area contributed by atoms with Crippen LogP contribution in [0.3, 0.4) is 0 Å². The van der Waals surface area contributed by atoms with Gasteiger partial charge in [0.15, 0.2) is 0 Å². The molecule has 0 saturated carbocycles. The molecule has 0 aromatic heterocycles. The fourth-order valence-electron chi connectivity index (χ4n) is 2.55. The molecule has 2 N–H and O–H groups in total. The molecule has 5 heteroatoms. The van der Waals surface area contributed by atoms with Crippen LogP contribution in [0.5, 0.6) is 0 Å². The second-order valence-electron chi connectivity index (χ2n) is 7.61. The van der Waals surface area contributed by atoms with E-state index < -0.39 is 6.10 Å². The summed E-state index contributed by atoms with van der Waals surface area (Å²) >= 11 is 12.2. The molecule has 0 aliphatic carbocycles. The molecule has 0 bridgehead atoms. The maximum atomic E-state index is 10.4. The van der Waals surface area contributed by atoms with Crippen LogP contribution in [-0.2, 0) is 0 Å². The minimum Gasteiger partial charge on any atom is -0.387 e. The molecular weight excluding hydrogens is 355 g/mol. The van der Waals surface area contributed by atoms with Crippen molar-refractivity contribution in [2.45, 2.75) is 64.0 Å². The number of aliphatic hydroxyl groups excluding tert-OH is 1. The molecule has 0 saturated heterocycles. The first kappa shape index (κ1) is 22.6. The Morgan fingerprint density at radius 3 is 2.36 bits per heavy atom. The van der Waals surface area contributed by atoms with E-state index in [-0.39, 0.29) is 10.9 Å². The van der Waals surface area contributed by atoms with Crippen LogP contribution in [0, 0.1) is 0 Å². The van der Waals surface area contributed by atoms with Gasteiger partial charge >= 0.3 is 0 Å². The summed E-state index contributed by atoms with van der Waals surface area (Å²) in [5, 5.41) is 13.7. The quantitative estimate of drug-likeness (QED) is 0.526. The molecule has 25 heavy (non-hydrogen) atoms. The van der Waals surface area contributed by atoms with Crippen molar-refractivity contribution in [2.24, 2.45) is 0 Å². The molecule has 0 spiro atoms. The Balaban J connectivity index is 2.74. The predicted octanol–water partition coefficient (Wildman–Crippen LogP) is 4.95. The number of alkyl halides is 2. The maximum absolute atomic E-state index is 10.4. The van der Waals surface area contributed by atoms with Gasteiger partial charge in [-0.3, -0.25) is 0 Å². The third kappa shape index (κ3) is 9.14. The van der Waals surface area contributed by atoms with E-state index in [1.807, 2.05) is 12.1 Å². The SMILES string of the molecule is CCCCN(CC(Cl)CCCl)c1ccc(C(O)CNC(C)(C)C)cc1. The zero-order valence-corrected chi connectivity index (χ0v) is 17.6. The number of anilines is 1. The number of hydrogen-bond acceptors (Lipinski definition) is 3. The molecule has 0 radical (unpaired) electrons. The van der Waals surface area contributed by atoms with Crippen molar-refractivity contribution in [1.29, 1.82) is 0 Å². The number of nitrogens with one attached hydrogen (secondary N) is 1. The van der Waals surface area contributed by atoms with Crippen LogP contribution in [0.1, 0.15) is 58.6 Å². The molecule has 2 atom stereocenters. The molecule has 2 unspecified atom stereocenters. The Kier molecular flexibility index (Phi) is 10.2. The lowest BCUT2D eigenvalue weighted by Gasteiger charge is -2.27. The van der Waals surface area contributed by atoms with Crippen LogP contribution in [-0.4, -0.2) is 41.5 Å². The highest BCUT2D eigenvalue weighted by Gasteiger charge is 2.15. The van der Waals surface area contributed by atoms with Crippen molar-refractivity contribution < 1.29 is 5.11 Å². The van der Waals surface area contributed by atoms with E-state index in [1.54, 1.807) is 0 Å². The highest BCUT2D eigenvalue weighted by atomic mass is 35.5. The normalized spacial score (nSPS) is 14.4. The zero-order valence-electron chi connectivity index (χ0n) is 16.1. The Bertz CT molecular complexity index is 474. The number of β-amino-alcohol motifs (C(OH)–C–C–N with tert-alkyl or cyclic N) is 1. The summed E-state index contributed by atoms with van der Waals surface area (Å²) in [7, 11) is 0. The Morgan fingerprint density at radius 1 is 1.20 bits per heavy atom. The van der Waals surface area contributed by atoms with E-state index in [0.29, 0.717) is 12.4 Å². The minimum absolute atomic E-state index is 0.00431. The number of halogens is 2. The fraction of sp³-hybridized carbons (Fsp3) is 0.700. The van der Waals surface area contributed by atoms with Gasteiger partial charge in [-0.25, -0.2) is 0 Å². The lowest BCUT2D eigenvalue weighted by molar-refractivity contribution is 0.163. The summed E-state index contributed by atoms with van der Waals surface area (Å²) in [6, 6.07) is 8.17. The van der Waals surface area contributed by atoms with Crippen molar-refractivity contribution in [3.05, 3.63) is 29.8 Å². The number of aliphatic hydroxyl groups is 1. The van der Waals surface area contributed by atoms with Crippen molar-refractivity contribution in [3.8, 4) is 0 Å². The van der Waals surface area contributed by atoms with Crippen LogP contribution in [0.15, 0.2) is 24.3 Å². The van der Waals surface area contributed by atoms with Crippen molar-refractivity contribution >= 4 is 28.9 Å². The van der Waals surface area contributed by atoms with Crippen LogP contribution in [0.2, 0.25) is 0 Å². The Labute approximate surface area is 163 Å². The van der Waals surface area contributed by atoms with E-state index in [9.17, 15) is 5.11 Å². The van der Waals surface area contributed by atoms with Crippen molar-refractivity contribution in [1.82, 2.24) is 5.32 Å². The van der Waals surface area contributed by atoms with Gasteiger partial charge in [0.25, 0.3) is 0 Å². The summed E-state index contributed by atoms with van der Waals surface area (Å²) in [6.07, 6.45) is 2.58. The average molecular weight is 389 g/mol. The number of unbranched alkanes of at least 4 members (excludes halogenated alkanes) is 1. The number of rotatable bonds is 11. The van der Waals surface area contributed by atoms with Crippen molar-refractivity contribution in [2.75, 3.05) is 30.4 Å². The smallest absolute Gasteiger partial charge is 0.0914 e. The topological polar surface area (TPSA) is 35.5 Å². The van der Waals surface area contributed by atoms with Gasteiger partial charge in [0.1, 0.15) is 0 Å². The standard InChI is InChI=1S/C20H34Cl2N2O/c1-5-6-13-24(15-17(22)11-12-21)18-9-7-16(8-10-18)19(25)14-23-20(2,3)4/h7-10,17,19,23,25H,5-6,11-15H2,1-4H3. The van der Waals surface area contributed by atoms with E-state index in [2.05, 4.69) is 50.0 Å². The van der Waals surface area contributed by atoms with Gasteiger partial charge in [-0.1, -0.05) is 25.5 Å².